The average Bonchev–Trinajstić information content (AvgIpc) is 2.51. The Morgan fingerprint density at radius 2 is 1.88 bits per heavy atom. The first-order chi connectivity index (χ1) is 11.4. The summed E-state index contributed by atoms with van der Waals surface area (Å²) in [4.78, 5) is 19.8. The molecule has 9 heteroatoms. The van der Waals surface area contributed by atoms with E-state index in [1.165, 1.54) is 6.26 Å². The molecule has 0 saturated heterocycles. The number of urea groups is 1. The SMILES string of the molecule is CS(=O)(=O)Cc1cccc(NC(=O)NCCNc2ncccn2)c1. The summed E-state index contributed by atoms with van der Waals surface area (Å²) in [6, 6.07) is 8.08. The first-order valence-electron chi connectivity index (χ1n) is 7.25. The molecule has 0 bridgehead atoms. The van der Waals surface area contributed by atoms with E-state index >= 15 is 0 Å². The Kier molecular flexibility index (Phi) is 6.07. The smallest absolute Gasteiger partial charge is 0.319 e. The molecule has 1 aromatic carbocycles. The molecule has 1 aromatic heterocycles. The number of hydrogen-bond acceptors (Lipinski definition) is 6. The van der Waals surface area contributed by atoms with Gasteiger partial charge in [-0.05, 0) is 23.8 Å². The second-order valence-corrected chi connectivity index (χ2v) is 7.29. The van der Waals surface area contributed by atoms with Crippen LogP contribution < -0.4 is 16.0 Å². The minimum absolute atomic E-state index is 0.0644. The largest absolute Gasteiger partial charge is 0.352 e. The van der Waals surface area contributed by atoms with E-state index in [1.807, 2.05) is 0 Å². The van der Waals surface area contributed by atoms with Crippen LogP contribution in [0.4, 0.5) is 16.4 Å². The summed E-state index contributed by atoms with van der Waals surface area (Å²) in [5.41, 5.74) is 1.16. The van der Waals surface area contributed by atoms with Crippen LogP contribution >= 0.6 is 0 Å². The minimum Gasteiger partial charge on any atom is -0.352 e. The lowest BCUT2D eigenvalue weighted by Crippen LogP contribution is -2.32. The Bertz CT molecular complexity index is 781. The molecule has 24 heavy (non-hydrogen) atoms. The molecular formula is C15H19N5O3S. The molecule has 0 spiro atoms. The average molecular weight is 349 g/mol. The molecule has 2 amide bonds. The van der Waals surface area contributed by atoms with Gasteiger partial charge in [0.2, 0.25) is 5.95 Å². The first-order valence-corrected chi connectivity index (χ1v) is 9.31. The van der Waals surface area contributed by atoms with Crippen molar-refractivity contribution >= 4 is 27.5 Å². The van der Waals surface area contributed by atoms with Crippen LogP contribution in [-0.2, 0) is 15.6 Å². The molecule has 128 valence electrons. The molecule has 0 saturated carbocycles. The third kappa shape index (κ3) is 6.61. The Balaban J connectivity index is 1.77. The Labute approximate surface area is 140 Å². The van der Waals surface area contributed by atoms with Crippen LogP contribution in [0.1, 0.15) is 5.56 Å². The van der Waals surface area contributed by atoms with Crippen molar-refractivity contribution in [3.05, 3.63) is 48.3 Å². The van der Waals surface area contributed by atoms with Gasteiger partial charge in [0.05, 0.1) is 5.75 Å². The zero-order chi connectivity index (χ0) is 17.4. The highest BCUT2D eigenvalue weighted by molar-refractivity contribution is 7.89. The highest BCUT2D eigenvalue weighted by atomic mass is 32.2. The van der Waals surface area contributed by atoms with E-state index in [2.05, 4.69) is 25.9 Å². The van der Waals surface area contributed by atoms with Gasteiger partial charge in [-0.15, -0.1) is 0 Å². The quantitative estimate of drug-likeness (QED) is 0.649. The topological polar surface area (TPSA) is 113 Å². The lowest BCUT2D eigenvalue weighted by molar-refractivity contribution is 0.252. The predicted molar refractivity (Wildman–Crippen MR) is 92.5 cm³/mol. The number of carbonyl (C=O) groups excluding carboxylic acids is 1. The second kappa shape index (κ2) is 8.25. The van der Waals surface area contributed by atoms with Crippen molar-refractivity contribution in [2.75, 3.05) is 30.0 Å². The summed E-state index contributed by atoms with van der Waals surface area (Å²) in [5, 5.41) is 8.31. The Morgan fingerprint density at radius 3 is 2.58 bits per heavy atom. The lowest BCUT2D eigenvalue weighted by Gasteiger charge is -2.09. The van der Waals surface area contributed by atoms with Crippen LogP contribution in [0, 0.1) is 0 Å². The van der Waals surface area contributed by atoms with Crippen LogP contribution in [0.5, 0.6) is 0 Å². The van der Waals surface area contributed by atoms with Gasteiger partial charge in [-0.25, -0.2) is 23.2 Å². The summed E-state index contributed by atoms with van der Waals surface area (Å²) in [6.45, 7) is 0.860. The van der Waals surface area contributed by atoms with Crippen LogP contribution in [0.25, 0.3) is 0 Å². The van der Waals surface area contributed by atoms with Gasteiger partial charge in [0.15, 0.2) is 9.84 Å². The number of carbonyl (C=O) groups is 1. The number of benzene rings is 1. The summed E-state index contributed by atoms with van der Waals surface area (Å²) < 4.78 is 22.6. The molecule has 2 rings (SSSR count). The molecule has 0 unspecified atom stereocenters. The lowest BCUT2D eigenvalue weighted by atomic mass is 10.2. The van der Waals surface area contributed by atoms with Crippen LogP contribution in [0.3, 0.4) is 0 Å². The van der Waals surface area contributed by atoms with Gasteiger partial charge in [0.1, 0.15) is 0 Å². The summed E-state index contributed by atoms with van der Waals surface area (Å²) >= 11 is 0. The van der Waals surface area contributed by atoms with E-state index in [4.69, 9.17) is 0 Å². The summed E-state index contributed by atoms with van der Waals surface area (Å²) in [6.07, 6.45) is 4.42. The van der Waals surface area contributed by atoms with Crippen LogP contribution in [0.2, 0.25) is 0 Å². The molecule has 2 aromatic rings. The molecule has 0 radical (unpaired) electrons. The molecule has 0 aliphatic heterocycles. The van der Waals surface area contributed by atoms with Crippen molar-refractivity contribution in [3.63, 3.8) is 0 Å². The summed E-state index contributed by atoms with van der Waals surface area (Å²) in [5.74, 6) is 0.429. The molecular weight excluding hydrogens is 330 g/mol. The number of anilines is 2. The van der Waals surface area contributed by atoms with Crippen molar-refractivity contribution in [2.45, 2.75) is 5.75 Å². The van der Waals surface area contributed by atoms with Crippen molar-refractivity contribution in [1.29, 1.82) is 0 Å². The van der Waals surface area contributed by atoms with Crippen molar-refractivity contribution < 1.29 is 13.2 Å². The van der Waals surface area contributed by atoms with E-state index in [-0.39, 0.29) is 11.8 Å². The van der Waals surface area contributed by atoms with Gasteiger partial charge in [-0.3, -0.25) is 0 Å². The van der Waals surface area contributed by atoms with Crippen LogP contribution in [0.15, 0.2) is 42.7 Å². The third-order valence-corrected chi connectivity index (χ3v) is 3.73. The van der Waals surface area contributed by atoms with Crippen molar-refractivity contribution in [1.82, 2.24) is 15.3 Å². The number of hydrogen-bond donors (Lipinski definition) is 3. The van der Waals surface area contributed by atoms with Gasteiger partial charge in [0, 0.05) is 37.4 Å². The first kappa shape index (κ1) is 17.7. The number of rotatable bonds is 7. The van der Waals surface area contributed by atoms with Crippen molar-refractivity contribution in [3.8, 4) is 0 Å². The number of nitrogens with one attached hydrogen (secondary N) is 3. The monoisotopic (exact) mass is 349 g/mol. The highest BCUT2D eigenvalue weighted by Gasteiger charge is 2.06. The maximum absolute atomic E-state index is 11.8. The van der Waals surface area contributed by atoms with Gasteiger partial charge in [0.25, 0.3) is 0 Å². The molecule has 0 fully saturated rings. The maximum Gasteiger partial charge on any atom is 0.319 e. The Morgan fingerprint density at radius 1 is 1.12 bits per heavy atom. The normalized spacial score (nSPS) is 10.9. The fraction of sp³-hybridized carbons (Fsp3) is 0.267. The van der Waals surface area contributed by atoms with E-state index < -0.39 is 9.84 Å². The third-order valence-electron chi connectivity index (χ3n) is 2.87. The highest BCUT2D eigenvalue weighted by Crippen LogP contribution is 2.12. The van der Waals surface area contributed by atoms with Gasteiger partial charge in [-0.2, -0.15) is 0 Å². The Hall–Kier alpha value is -2.68. The van der Waals surface area contributed by atoms with Crippen LogP contribution in [-0.4, -0.2) is 43.8 Å². The standard InChI is InChI=1S/C15H19N5O3S/c1-24(22,23)11-12-4-2-5-13(10-12)20-15(21)19-9-8-18-14-16-6-3-7-17-14/h2-7,10H,8-9,11H2,1H3,(H,16,17,18)(H2,19,20,21). The number of sulfone groups is 1. The van der Waals surface area contributed by atoms with E-state index in [0.29, 0.717) is 30.3 Å². The fourth-order valence-electron chi connectivity index (χ4n) is 1.96. The van der Waals surface area contributed by atoms with E-state index in [0.717, 1.165) is 0 Å². The molecule has 0 atom stereocenters. The van der Waals surface area contributed by atoms with Gasteiger partial charge >= 0.3 is 6.03 Å². The maximum atomic E-state index is 11.8. The zero-order valence-corrected chi connectivity index (χ0v) is 14.0. The molecule has 3 N–H and O–H groups in total. The fourth-order valence-corrected chi connectivity index (χ4v) is 2.74. The molecule has 8 nitrogen and oxygen atoms in total. The second-order valence-electron chi connectivity index (χ2n) is 5.15. The molecule has 0 aliphatic rings. The van der Waals surface area contributed by atoms with E-state index in [1.54, 1.807) is 42.7 Å². The van der Waals surface area contributed by atoms with Gasteiger partial charge in [-0.1, -0.05) is 12.1 Å². The number of amides is 2. The predicted octanol–water partition coefficient (Wildman–Crippen LogP) is 1.25. The summed E-state index contributed by atoms with van der Waals surface area (Å²) in [7, 11) is -3.11. The molecule has 1 heterocycles. The molecule has 0 aliphatic carbocycles. The minimum atomic E-state index is -3.11. The van der Waals surface area contributed by atoms with E-state index in [9.17, 15) is 13.2 Å². The van der Waals surface area contributed by atoms with Gasteiger partial charge < -0.3 is 16.0 Å². The number of nitrogens with zero attached hydrogens (tertiary/aromatic N) is 2. The number of aromatic nitrogens is 2. The van der Waals surface area contributed by atoms with Crippen molar-refractivity contribution in [2.24, 2.45) is 0 Å². The zero-order valence-electron chi connectivity index (χ0n) is 13.2.